The average Bonchev–Trinajstić information content (AvgIpc) is 3.70. The number of hydrogen-bond donors (Lipinski definition) is 2. The normalized spacial score (nSPS) is 18.4. The third-order valence-electron chi connectivity index (χ3n) is 9.23. The summed E-state index contributed by atoms with van der Waals surface area (Å²) in [6.45, 7) is 7.13. The number of thiophene rings is 1. The maximum Gasteiger partial charge on any atom is 0.232 e. The molecule has 3 aliphatic heterocycles. The molecule has 11 nitrogen and oxygen atoms in total. The summed E-state index contributed by atoms with van der Waals surface area (Å²) in [5.74, 6) is 1.77. The number of likely N-dealkylation sites (N-methyl/N-ethyl adjacent to an activating group) is 1. The van der Waals surface area contributed by atoms with E-state index in [1.807, 2.05) is 35.7 Å². The van der Waals surface area contributed by atoms with Crippen LogP contribution in [0.2, 0.25) is 0 Å². The van der Waals surface area contributed by atoms with Gasteiger partial charge in [0.1, 0.15) is 5.75 Å². The van der Waals surface area contributed by atoms with Crippen molar-refractivity contribution in [2.24, 2.45) is 0 Å². The fraction of sp³-hybridized carbons (Fsp3) is 0.438. The van der Waals surface area contributed by atoms with Crippen LogP contribution < -0.4 is 24.6 Å². The minimum Gasteiger partial charge on any atom is -0.494 e. The summed E-state index contributed by atoms with van der Waals surface area (Å²) in [6, 6.07) is 14.7. The van der Waals surface area contributed by atoms with Crippen molar-refractivity contribution in [1.82, 2.24) is 19.8 Å². The number of fused-ring (bicyclic) bond motifs is 2. The third-order valence-corrected chi connectivity index (χ3v) is 11.3. The fourth-order valence-corrected chi connectivity index (χ4v) is 8.51. The topological polar surface area (TPSA) is 106 Å². The van der Waals surface area contributed by atoms with Crippen molar-refractivity contribution in [3.05, 3.63) is 53.4 Å². The number of nitrogens with one attached hydrogen (secondary N) is 2. The van der Waals surface area contributed by atoms with E-state index in [1.165, 1.54) is 47.8 Å². The van der Waals surface area contributed by atoms with Gasteiger partial charge in [-0.1, -0.05) is 12.1 Å². The Hall–Kier alpha value is -3.65. The molecule has 0 aliphatic carbocycles. The zero-order chi connectivity index (χ0) is 31.1. The summed E-state index contributed by atoms with van der Waals surface area (Å²) in [5.41, 5.74) is 5.10. The van der Waals surface area contributed by atoms with Gasteiger partial charge in [-0.2, -0.15) is 4.98 Å². The largest absolute Gasteiger partial charge is 0.494 e. The van der Waals surface area contributed by atoms with E-state index < -0.39 is 10.0 Å². The first-order valence-electron chi connectivity index (χ1n) is 15.5. The molecule has 2 saturated heterocycles. The van der Waals surface area contributed by atoms with Crippen LogP contribution in [0.3, 0.4) is 0 Å². The number of benzene rings is 2. The van der Waals surface area contributed by atoms with E-state index in [4.69, 9.17) is 14.7 Å². The number of aromatic nitrogens is 2. The maximum atomic E-state index is 12.6. The second-order valence-corrected chi connectivity index (χ2v) is 14.9. The Morgan fingerprint density at radius 1 is 0.933 bits per heavy atom. The molecule has 0 radical (unpaired) electrons. The van der Waals surface area contributed by atoms with Crippen LogP contribution in [0.25, 0.3) is 10.2 Å². The lowest BCUT2D eigenvalue weighted by molar-refractivity contribution is 0.0982. The molecular weight excluding hydrogens is 609 g/mol. The zero-order valence-corrected chi connectivity index (χ0v) is 27.6. The molecule has 2 aromatic heterocycles. The maximum absolute atomic E-state index is 12.6. The molecule has 0 unspecified atom stereocenters. The molecule has 0 saturated carbocycles. The molecule has 0 spiro atoms. The minimum absolute atomic E-state index is 0.426. The standard InChI is InChI=1S/C32H40N8O3S2/c1-37-16-18-39(19-17-37)23-10-13-38(14-11-23)24-7-8-25(28(21-24)43-2)34-32-35-27-12-20-44-30(27)31(36-32)33-26-6-4-5-22-9-15-40(29(22)26)45(3,41)42/h4-8,12,20-21,23H,9-11,13-19H2,1-3H3,(H2,33,34,35,36). The van der Waals surface area contributed by atoms with Gasteiger partial charge in [0.05, 0.1) is 40.6 Å². The molecule has 0 amide bonds. The summed E-state index contributed by atoms with van der Waals surface area (Å²) in [6.07, 6.45) is 4.26. The van der Waals surface area contributed by atoms with Gasteiger partial charge in [0.15, 0.2) is 5.82 Å². The Kier molecular flexibility index (Phi) is 8.19. The molecule has 0 atom stereocenters. The van der Waals surface area contributed by atoms with Gasteiger partial charge in [0.2, 0.25) is 16.0 Å². The zero-order valence-electron chi connectivity index (χ0n) is 26.0. The summed E-state index contributed by atoms with van der Waals surface area (Å²) in [7, 11) is 0.481. The van der Waals surface area contributed by atoms with Crippen LogP contribution >= 0.6 is 11.3 Å². The number of anilines is 6. The summed E-state index contributed by atoms with van der Waals surface area (Å²) in [4.78, 5) is 17.2. The quantitative estimate of drug-likeness (QED) is 0.279. The second-order valence-electron chi connectivity index (χ2n) is 12.1. The van der Waals surface area contributed by atoms with Crippen LogP contribution in [0.4, 0.5) is 34.5 Å². The molecule has 2 fully saturated rings. The number of piperidine rings is 1. The first kappa shape index (κ1) is 30.0. The van der Waals surface area contributed by atoms with Gasteiger partial charge >= 0.3 is 0 Å². The van der Waals surface area contributed by atoms with E-state index >= 15 is 0 Å². The predicted octanol–water partition coefficient (Wildman–Crippen LogP) is 4.73. The highest BCUT2D eigenvalue weighted by molar-refractivity contribution is 7.92. The van der Waals surface area contributed by atoms with Crippen molar-refractivity contribution in [2.45, 2.75) is 25.3 Å². The van der Waals surface area contributed by atoms with Crippen molar-refractivity contribution in [2.75, 3.05) is 86.1 Å². The van der Waals surface area contributed by atoms with Crippen LogP contribution in [0.1, 0.15) is 18.4 Å². The number of hydrogen-bond acceptors (Lipinski definition) is 11. The molecular formula is C32H40N8O3S2. The highest BCUT2D eigenvalue weighted by Gasteiger charge is 2.30. The van der Waals surface area contributed by atoms with Gasteiger partial charge in [0, 0.05) is 63.6 Å². The van der Waals surface area contributed by atoms with E-state index in [1.54, 1.807) is 7.11 Å². The Morgan fingerprint density at radius 3 is 2.49 bits per heavy atom. The van der Waals surface area contributed by atoms with Crippen molar-refractivity contribution in [1.29, 1.82) is 0 Å². The number of rotatable bonds is 8. The van der Waals surface area contributed by atoms with E-state index in [-0.39, 0.29) is 0 Å². The van der Waals surface area contributed by atoms with Crippen molar-refractivity contribution in [3.63, 3.8) is 0 Å². The average molecular weight is 649 g/mol. The van der Waals surface area contributed by atoms with E-state index in [2.05, 4.69) is 44.5 Å². The Balaban J connectivity index is 1.10. The molecule has 238 valence electrons. The highest BCUT2D eigenvalue weighted by Crippen LogP contribution is 2.40. The third kappa shape index (κ3) is 6.14. The van der Waals surface area contributed by atoms with Gasteiger partial charge in [-0.05, 0) is 61.5 Å². The number of nitrogens with zero attached hydrogens (tertiary/aromatic N) is 6. The van der Waals surface area contributed by atoms with Crippen LogP contribution in [-0.4, -0.2) is 100 Å². The first-order chi connectivity index (χ1) is 21.8. The molecule has 0 bridgehead atoms. The molecule has 3 aliphatic rings. The van der Waals surface area contributed by atoms with Crippen LogP contribution in [0, 0.1) is 0 Å². The molecule has 13 heteroatoms. The monoisotopic (exact) mass is 648 g/mol. The van der Waals surface area contributed by atoms with E-state index in [0.717, 1.165) is 59.1 Å². The summed E-state index contributed by atoms with van der Waals surface area (Å²) in [5, 5.41) is 8.80. The molecule has 2 N–H and O–H groups in total. The molecule has 4 aromatic rings. The number of para-hydroxylation sites is 1. The van der Waals surface area contributed by atoms with Crippen molar-refractivity contribution < 1.29 is 13.2 Å². The fourth-order valence-electron chi connectivity index (χ4n) is 6.76. The number of sulfonamides is 1. The van der Waals surface area contributed by atoms with E-state index in [0.29, 0.717) is 42.1 Å². The van der Waals surface area contributed by atoms with Gasteiger partial charge in [0.25, 0.3) is 0 Å². The molecule has 5 heterocycles. The van der Waals surface area contributed by atoms with Crippen LogP contribution in [0.15, 0.2) is 47.8 Å². The Labute approximate surface area is 268 Å². The predicted molar refractivity (Wildman–Crippen MR) is 184 cm³/mol. The van der Waals surface area contributed by atoms with Crippen LogP contribution in [-0.2, 0) is 16.4 Å². The van der Waals surface area contributed by atoms with Gasteiger partial charge in [-0.15, -0.1) is 11.3 Å². The molecule has 7 rings (SSSR count). The molecule has 2 aromatic carbocycles. The summed E-state index contributed by atoms with van der Waals surface area (Å²) < 4.78 is 33.3. The molecule has 45 heavy (non-hydrogen) atoms. The minimum atomic E-state index is -3.41. The smallest absolute Gasteiger partial charge is 0.232 e. The van der Waals surface area contributed by atoms with E-state index in [9.17, 15) is 8.42 Å². The number of piperazine rings is 1. The lowest BCUT2D eigenvalue weighted by atomic mass is 10.0. The summed E-state index contributed by atoms with van der Waals surface area (Å²) >= 11 is 1.54. The lowest BCUT2D eigenvalue weighted by Crippen LogP contribution is -2.52. The first-order valence-corrected chi connectivity index (χ1v) is 18.2. The number of ether oxygens (including phenoxy) is 1. The Morgan fingerprint density at radius 2 is 1.73 bits per heavy atom. The van der Waals surface area contributed by atoms with Gasteiger partial charge < -0.3 is 25.2 Å². The van der Waals surface area contributed by atoms with Crippen molar-refractivity contribution >= 4 is 66.1 Å². The number of methoxy groups -OCH3 is 1. The van der Waals surface area contributed by atoms with Crippen molar-refractivity contribution in [3.8, 4) is 5.75 Å². The van der Waals surface area contributed by atoms with Gasteiger partial charge in [-0.25, -0.2) is 13.4 Å². The lowest BCUT2D eigenvalue weighted by Gasteiger charge is -2.42. The van der Waals surface area contributed by atoms with Gasteiger partial charge in [-0.3, -0.25) is 9.21 Å². The SMILES string of the molecule is COc1cc(N2CCC(N3CCN(C)CC3)CC2)ccc1Nc1nc(Nc2cccc3c2N(S(C)(=O)=O)CC3)c2sccc2n1. The Bertz CT molecular complexity index is 1800. The van der Waals surface area contributed by atoms with Crippen LogP contribution in [0.5, 0.6) is 5.75 Å². The highest BCUT2D eigenvalue weighted by atomic mass is 32.2. The second kappa shape index (κ2) is 12.3.